The third-order valence-electron chi connectivity index (χ3n) is 18.8. The van der Waals surface area contributed by atoms with E-state index in [2.05, 4.69) is 63.9 Å². The largest absolute Gasteiger partial charge is 0.459 e. The third-order valence-corrected chi connectivity index (χ3v) is 18.8. The van der Waals surface area contributed by atoms with Crippen LogP contribution in [0.1, 0.15) is 162 Å². The fraction of sp³-hybridized carbons (Fsp3) is 0.623. The van der Waals surface area contributed by atoms with Crippen LogP contribution in [0, 0.1) is 29.1 Å². The van der Waals surface area contributed by atoms with Gasteiger partial charge in [-0.2, -0.15) is 0 Å². The van der Waals surface area contributed by atoms with E-state index in [0.717, 1.165) is 93.3 Å². The van der Waals surface area contributed by atoms with Crippen LogP contribution in [-0.4, -0.2) is 96.8 Å². The van der Waals surface area contributed by atoms with Crippen molar-refractivity contribution in [3.8, 4) is 0 Å². The van der Waals surface area contributed by atoms with Gasteiger partial charge >= 0.3 is 5.97 Å². The van der Waals surface area contributed by atoms with Crippen molar-refractivity contribution in [2.75, 3.05) is 33.4 Å². The number of ketones is 2. The predicted octanol–water partition coefficient (Wildman–Crippen LogP) is 7.93. The summed E-state index contributed by atoms with van der Waals surface area (Å²) >= 11 is 0. The zero-order valence-electron chi connectivity index (χ0n) is 44.4. The highest BCUT2D eigenvalue weighted by molar-refractivity contribution is 6.33. The van der Waals surface area contributed by atoms with E-state index in [1.54, 1.807) is 6.07 Å². The molecule has 10 atom stereocenters. The Morgan fingerprint density at radius 2 is 1.85 bits per heavy atom. The lowest BCUT2D eigenvalue weighted by molar-refractivity contribution is -0.158. The van der Waals surface area contributed by atoms with Crippen molar-refractivity contribution in [1.82, 2.24) is 26.6 Å². The molecule has 9 aliphatic rings. The Balaban J connectivity index is 1.03. The molecule has 2 fully saturated rings. The van der Waals surface area contributed by atoms with Crippen molar-refractivity contribution in [3.05, 3.63) is 117 Å². The topological polar surface area (TPSA) is 200 Å². The van der Waals surface area contributed by atoms with Crippen molar-refractivity contribution in [2.45, 2.75) is 178 Å². The Kier molecular flexibility index (Phi) is 16.1. The molecule has 1 aromatic rings. The first-order chi connectivity index (χ1) is 35.9. The SMILES string of the molecule is CNC1CCC2=C(NCC=C2CCC(C)=C(CO)CC23OC24C(=O)OC(CCCO)C2CC5C(=CC2NCC2CCCCC2)C=CCC5CCCCC(C)(CC2=CNC(N)C=C2)Cc2cccc(c2C4=O)C3=O)N1. The Morgan fingerprint density at radius 3 is 2.64 bits per heavy atom. The highest BCUT2D eigenvalue weighted by Crippen LogP contribution is 2.61. The number of rotatable bonds is 15. The van der Waals surface area contributed by atoms with E-state index in [0.29, 0.717) is 49.6 Å². The predicted molar refractivity (Wildman–Crippen MR) is 288 cm³/mol. The molecule has 1 saturated carbocycles. The number of benzene rings is 1. The number of Topliss-reactive ketones (excluding diaryl/α,β-unsaturated/α-hetero) is 2. The summed E-state index contributed by atoms with van der Waals surface area (Å²) in [6, 6.07) is 5.42. The number of fused-ring (bicyclic) bond motifs is 1. The van der Waals surface area contributed by atoms with Gasteiger partial charge in [0, 0.05) is 48.9 Å². The van der Waals surface area contributed by atoms with Crippen LogP contribution in [0.15, 0.2) is 100 Å². The van der Waals surface area contributed by atoms with Gasteiger partial charge < -0.3 is 52.0 Å². The minimum atomic E-state index is -2.25. The van der Waals surface area contributed by atoms with Gasteiger partial charge in [-0.1, -0.05) is 93.2 Å². The van der Waals surface area contributed by atoms with Crippen LogP contribution in [0.5, 0.6) is 0 Å². The molecule has 10 unspecified atom stereocenters. The van der Waals surface area contributed by atoms with Gasteiger partial charge in [-0.05, 0) is 173 Å². The number of epoxide rings is 1. The lowest BCUT2D eigenvalue weighted by Crippen LogP contribution is -2.54. The molecule has 1 aromatic carbocycles. The van der Waals surface area contributed by atoms with E-state index in [1.807, 2.05) is 38.4 Å². The molecule has 74 heavy (non-hydrogen) atoms. The number of dihydropyridines is 2. The van der Waals surface area contributed by atoms with Gasteiger partial charge in [0.1, 0.15) is 11.9 Å². The molecule has 5 aliphatic heterocycles. The molecular formula is C61H84N6O7. The molecule has 13 heteroatoms. The Labute approximate surface area is 439 Å². The number of nitrogens with one attached hydrogen (secondary N) is 5. The van der Waals surface area contributed by atoms with Gasteiger partial charge in [-0.3, -0.25) is 9.59 Å². The first-order valence-electron chi connectivity index (χ1n) is 28.5. The van der Waals surface area contributed by atoms with Crippen LogP contribution < -0.4 is 32.3 Å². The van der Waals surface area contributed by atoms with Gasteiger partial charge in [0.05, 0.1) is 18.9 Å². The number of ether oxygens (including phenoxy) is 2. The standard InChI is InChI=1S/C61H84N6O7/c1-38(20-22-42-26-28-64-57-46(42)23-25-53(63-3)67-57)45(37-69)34-60-55(70)47-18-10-17-44-33-59(2,32-40-21-24-52(62)66-36-40)27-8-7-14-41-15-9-16-43-30-50(65-35-39-12-5-4-6-13-39)49(31-48(41)43)51(19-11-29-68)73-58(72)61(60,74-60)56(71)54(44)47/h9-10,16-18,21,24,26,30,36,39,41,48-53,63-69H,4-8,11-15,19-20,22-23,25,27-29,31-35,37,62H2,1-3H3. The third kappa shape index (κ3) is 10.5. The van der Waals surface area contributed by atoms with Crippen molar-refractivity contribution in [2.24, 2.45) is 34.8 Å². The summed E-state index contributed by atoms with van der Waals surface area (Å²) in [5.41, 5.74) is 9.37. The van der Waals surface area contributed by atoms with Gasteiger partial charge in [0.25, 0.3) is 5.60 Å². The first kappa shape index (κ1) is 52.8. The zero-order valence-corrected chi connectivity index (χ0v) is 44.4. The van der Waals surface area contributed by atoms with Crippen LogP contribution in [0.3, 0.4) is 0 Å². The van der Waals surface area contributed by atoms with Gasteiger partial charge in [0.2, 0.25) is 5.78 Å². The molecule has 13 nitrogen and oxygen atoms in total. The maximum atomic E-state index is 16.0. The minimum absolute atomic E-state index is 0.0756. The molecule has 9 N–H and O–H groups in total. The van der Waals surface area contributed by atoms with Crippen LogP contribution >= 0.6 is 0 Å². The molecule has 4 bridgehead atoms. The molecule has 4 aliphatic carbocycles. The summed E-state index contributed by atoms with van der Waals surface area (Å²) in [7, 11) is 1.96. The second kappa shape index (κ2) is 22.5. The van der Waals surface area contributed by atoms with E-state index >= 15 is 14.4 Å². The second-order valence-corrected chi connectivity index (χ2v) is 23.8. The van der Waals surface area contributed by atoms with E-state index < -0.39 is 34.8 Å². The fourth-order valence-electron chi connectivity index (χ4n) is 14.5. The fourth-order valence-corrected chi connectivity index (χ4v) is 14.5. The maximum Gasteiger partial charge on any atom is 0.350 e. The van der Waals surface area contributed by atoms with Crippen LogP contribution in [0.4, 0.5) is 0 Å². The van der Waals surface area contributed by atoms with Gasteiger partial charge in [-0.25, -0.2) is 4.79 Å². The average molecular weight is 1010 g/mol. The van der Waals surface area contributed by atoms with Crippen molar-refractivity contribution >= 4 is 17.5 Å². The number of aliphatic hydroxyl groups excluding tert-OH is 2. The van der Waals surface area contributed by atoms with E-state index in [4.69, 9.17) is 15.2 Å². The Bertz CT molecular complexity index is 2530. The molecule has 0 amide bonds. The molecule has 1 saturated heterocycles. The number of nitrogens with two attached hydrogens (primary N) is 1. The molecule has 5 heterocycles. The number of carbonyl (C=O) groups is 3. The molecule has 10 rings (SSSR count). The van der Waals surface area contributed by atoms with Crippen LogP contribution in [0.2, 0.25) is 0 Å². The normalized spacial score (nSPS) is 34.3. The lowest BCUT2D eigenvalue weighted by atomic mass is 9.66. The van der Waals surface area contributed by atoms with Gasteiger partial charge in [0.15, 0.2) is 11.4 Å². The summed E-state index contributed by atoms with van der Waals surface area (Å²) in [6.07, 6.45) is 31.7. The summed E-state index contributed by atoms with van der Waals surface area (Å²) < 4.78 is 13.6. The maximum absolute atomic E-state index is 16.0. The van der Waals surface area contributed by atoms with Crippen molar-refractivity contribution < 1.29 is 34.1 Å². The van der Waals surface area contributed by atoms with E-state index in [-0.39, 0.29) is 66.4 Å². The number of esters is 1. The monoisotopic (exact) mass is 1010 g/mol. The quantitative estimate of drug-likeness (QED) is 0.0365. The number of carbonyl (C=O) groups excluding carboxylic acids is 3. The number of aliphatic hydroxyl groups is 2. The lowest BCUT2D eigenvalue weighted by Gasteiger charge is -2.43. The highest BCUT2D eigenvalue weighted by Gasteiger charge is 2.86. The zero-order chi connectivity index (χ0) is 51.6. The van der Waals surface area contributed by atoms with Crippen LogP contribution in [-0.2, 0) is 20.7 Å². The number of cyclic esters (lactones) is 1. The molecule has 0 radical (unpaired) electrons. The van der Waals surface area contributed by atoms with Crippen molar-refractivity contribution in [1.29, 1.82) is 0 Å². The molecule has 1 spiro atoms. The average Bonchev–Trinajstić information content (AvgIpc) is 4.12. The summed E-state index contributed by atoms with van der Waals surface area (Å²) in [6.45, 7) is 5.41. The summed E-state index contributed by atoms with van der Waals surface area (Å²) in [5.74, 6) is 0.369. The molecule has 400 valence electrons. The first-order valence-corrected chi connectivity index (χ1v) is 28.5. The Morgan fingerprint density at radius 1 is 1.01 bits per heavy atom. The Hall–Kier alpha value is -4.63. The van der Waals surface area contributed by atoms with E-state index in [9.17, 15) is 10.2 Å². The second-order valence-electron chi connectivity index (χ2n) is 23.8. The molecular weight excluding hydrogens is 929 g/mol. The summed E-state index contributed by atoms with van der Waals surface area (Å²) in [5, 5.41) is 39.3. The minimum Gasteiger partial charge on any atom is -0.459 e. The number of hydrogen-bond acceptors (Lipinski definition) is 13. The van der Waals surface area contributed by atoms with Crippen molar-refractivity contribution in [3.63, 3.8) is 0 Å². The number of hydrogen-bond donors (Lipinski definition) is 8. The highest BCUT2D eigenvalue weighted by atomic mass is 16.7. The number of allylic oxidation sites excluding steroid dienone is 8. The van der Waals surface area contributed by atoms with Gasteiger partial charge in [-0.15, -0.1) is 0 Å². The summed E-state index contributed by atoms with van der Waals surface area (Å²) in [4.78, 5) is 47.4. The van der Waals surface area contributed by atoms with E-state index in [1.165, 1.54) is 48.8 Å². The molecule has 0 aromatic heterocycles. The van der Waals surface area contributed by atoms with Crippen LogP contribution in [0.25, 0.3) is 0 Å². The smallest absolute Gasteiger partial charge is 0.350 e.